The molecule has 0 spiro atoms. The van der Waals surface area contributed by atoms with E-state index in [9.17, 15) is 9.59 Å². The molecule has 6 heteroatoms. The first-order chi connectivity index (χ1) is 9.66. The molecule has 20 heavy (non-hydrogen) atoms. The monoisotopic (exact) mass is 271 g/mol. The Balaban J connectivity index is 1.84. The standard InChI is InChI=1S/C14H13N3O3/c18-13(12-9-15-7-8-16-12)17-6-5-10-1-3-11(4-2-10)14(19)20/h1-4,7-9H,5-6H2,(H,17,18)(H,19,20). The van der Waals surface area contributed by atoms with E-state index in [0.717, 1.165) is 5.56 Å². The Bertz CT molecular complexity index is 597. The smallest absolute Gasteiger partial charge is 0.335 e. The molecule has 0 aliphatic heterocycles. The molecule has 1 aromatic carbocycles. The topological polar surface area (TPSA) is 92.2 Å². The molecule has 2 aromatic rings. The van der Waals surface area contributed by atoms with Crippen molar-refractivity contribution in [1.29, 1.82) is 0 Å². The minimum Gasteiger partial charge on any atom is -0.478 e. The summed E-state index contributed by atoms with van der Waals surface area (Å²) in [6.07, 6.45) is 4.98. The number of aromatic nitrogens is 2. The summed E-state index contributed by atoms with van der Waals surface area (Å²) in [6, 6.07) is 6.56. The largest absolute Gasteiger partial charge is 0.478 e. The number of rotatable bonds is 5. The zero-order chi connectivity index (χ0) is 14.4. The van der Waals surface area contributed by atoms with Crippen LogP contribution in [0.4, 0.5) is 0 Å². The first-order valence-corrected chi connectivity index (χ1v) is 6.03. The summed E-state index contributed by atoms with van der Waals surface area (Å²) in [7, 11) is 0. The fraction of sp³-hybridized carbons (Fsp3) is 0.143. The van der Waals surface area contributed by atoms with Crippen LogP contribution in [0.5, 0.6) is 0 Å². The normalized spacial score (nSPS) is 10.0. The number of carboxylic acids is 1. The minimum atomic E-state index is -0.951. The van der Waals surface area contributed by atoms with Crippen LogP contribution in [0.15, 0.2) is 42.9 Å². The molecule has 2 N–H and O–H groups in total. The van der Waals surface area contributed by atoms with Gasteiger partial charge in [0, 0.05) is 18.9 Å². The van der Waals surface area contributed by atoms with Crippen molar-refractivity contribution in [3.05, 3.63) is 59.7 Å². The second-order valence-electron chi connectivity index (χ2n) is 4.10. The summed E-state index contributed by atoms with van der Waals surface area (Å²) in [5.41, 5.74) is 1.47. The molecule has 0 unspecified atom stereocenters. The third kappa shape index (κ3) is 3.61. The number of nitrogens with one attached hydrogen (secondary N) is 1. The van der Waals surface area contributed by atoms with Crippen LogP contribution in [0.1, 0.15) is 26.4 Å². The number of nitrogens with zero attached hydrogens (tertiary/aromatic N) is 2. The van der Waals surface area contributed by atoms with E-state index in [1.165, 1.54) is 18.6 Å². The van der Waals surface area contributed by atoms with E-state index in [0.29, 0.717) is 13.0 Å². The molecule has 1 aromatic heterocycles. The number of hydrogen-bond acceptors (Lipinski definition) is 4. The van der Waals surface area contributed by atoms with Crippen LogP contribution in [0.3, 0.4) is 0 Å². The van der Waals surface area contributed by atoms with Crippen molar-refractivity contribution in [2.24, 2.45) is 0 Å². The summed E-state index contributed by atoms with van der Waals surface area (Å²) in [4.78, 5) is 30.1. The van der Waals surface area contributed by atoms with Gasteiger partial charge in [-0.25, -0.2) is 9.78 Å². The zero-order valence-electron chi connectivity index (χ0n) is 10.6. The van der Waals surface area contributed by atoms with Gasteiger partial charge in [-0.2, -0.15) is 0 Å². The predicted molar refractivity (Wildman–Crippen MR) is 71.5 cm³/mol. The molecule has 0 atom stereocenters. The lowest BCUT2D eigenvalue weighted by molar-refractivity contribution is 0.0696. The predicted octanol–water partition coefficient (Wildman–Crippen LogP) is 1.15. The number of aromatic carboxylic acids is 1. The molecule has 2 rings (SSSR count). The van der Waals surface area contributed by atoms with Gasteiger partial charge in [-0.1, -0.05) is 12.1 Å². The first kappa shape index (κ1) is 13.7. The number of benzene rings is 1. The van der Waals surface area contributed by atoms with E-state index >= 15 is 0 Å². The number of carbonyl (C=O) groups excluding carboxylic acids is 1. The van der Waals surface area contributed by atoms with Crippen molar-refractivity contribution in [1.82, 2.24) is 15.3 Å². The molecule has 102 valence electrons. The lowest BCUT2D eigenvalue weighted by Crippen LogP contribution is -2.26. The quantitative estimate of drug-likeness (QED) is 0.851. The highest BCUT2D eigenvalue weighted by Crippen LogP contribution is 2.04. The molecule has 0 saturated carbocycles. The zero-order valence-corrected chi connectivity index (χ0v) is 10.6. The Morgan fingerprint density at radius 3 is 2.50 bits per heavy atom. The van der Waals surface area contributed by atoms with Crippen LogP contribution in [-0.2, 0) is 6.42 Å². The first-order valence-electron chi connectivity index (χ1n) is 6.03. The van der Waals surface area contributed by atoms with Gasteiger partial charge >= 0.3 is 5.97 Å². The molecule has 0 fully saturated rings. The van der Waals surface area contributed by atoms with E-state index in [1.807, 2.05) is 0 Å². The van der Waals surface area contributed by atoms with Crippen molar-refractivity contribution in [2.75, 3.05) is 6.54 Å². The van der Waals surface area contributed by atoms with Crippen LogP contribution in [0, 0.1) is 0 Å². The highest BCUT2D eigenvalue weighted by atomic mass is 16.4. The number of carboxylic acid groups (broad SMARTS) is 1. The van der Waals surface area contributed by atoms with Crippen molar-refractivity contribution in [3.63, 3.8) is 0 Å². The van der Waals surface area contributed by atoms with Crippen molar-refractivity contribution in [3.8, 4) is 0 Å². The second kappa shape index (κ2) is 6.42. The fourth-order valence-corrected chi connectivity index (χ4v) is 1.64. The average molecular weight is 271 g/mol. The van der Waals surface area contributed by atoms with Crippen LogP contribution in [0.25, 0.3) is 0 Å². The van der Waals surface area contributed by atoms with E-state index in [2.05, 4.69) is 15.3 Å². The van der Waals surface area contributed by atoms with Gasteiger partial charge in [0.15, 0.2) is 0 Å². The molecule has 1 heterocycles. The van der Waals surface area contributed by atoms with Crippen molar-refractivity contribution in [2.45, 2.75) is 6.42 Å². The SMILES string of the molecule is O=C(O)c1ccc(CCNC(=O)c2cnccn2)cc1. The van der Waals surface area contributed by atoms with Gasteiger partial charge in [0.1, 0.15) is 5.69 Å². The van der Waals surface area contributed by atoms with E-state index in [4.69, 9.17) is 5.11 Å². The van der Waals surface area contributed by atoms with Crippen LogP contribution in [-0.4, -0.2) is 33.5 Å². The Labute approximate surface area is 115 Å². The fourth-order valence-electron chi connectivity index (χ4n) is 1.64. The summed E-state index contributed by atoms with van der Waals surface area (Å²) < 4.78 is 0. The lowest BCUT2D eigenvalue weighted by atomic mass is 10.1. The summed E-state index contributed by atoms with van der Waals surface area (Å²) >= 11 is 0. The van der Waals surface area contributed by atoms with E-state index in [-0.39, 0.29) is 17.2 Å². The summed E-state index contributed by atoms with van der Waals surface area (Å²) in [5, 5.41) is 11.5. The molecule has 0 saturated heterocycles. The third-order valence-corrected chi connectivity index (χ3v) is 2.70. The Morgan fingerprint density at radius 2 is 1.90 bits per heavy atom. The number of hydrogen-bond donors (Lipinski definition) is 2. The van der Waals surface area contributed by atoms with Gasteiger partial charge < -0.3 is 10.4 Å². The maximum absolute atomic E-state index is 11.7. The van der Waals surface area contributed by atoms with Gasteiger partial charge in [0.05, 0.1) is 11.8 Å². The maximum atomic E-state index is 11.7. The lowest BCUT2D eigenvalue weighted by Gasteiger charge is -2.05. The van der Waals surface area contributed by atoms with Crippen LogP contribution >= 0.6 is 0 Å². The molecule has 0 radical (unpaired) electrons. The second-order valence-corrected chi connectivity index (χ2v) is 4.10. The molecule has 1 amide bonds. The van der Waals surface area contributed by atoms with Gasteiger partial charge in [0.25, 0.3) is 5.91 Å². The molecule has 0 aliphatic carbocycles. The molecular formula is C14H13N3O3. The average Bonchev–Trinajstić information content (AvgIpc) is 2.48. The van der Waals surface area contributed by atoms with Gasteiger partial charge in [0.2, 0.25) is 0 Å². The van der Waals surface area contributed by atoms with Crippen LogP contribution < -0.4 is 5.32 Å². The maximum Gasteiger partial charge on any atom is 0.335 e. The highest BCUT2D eigenvalue weighted by molar-refractivity contribution is 5.91. The Hall–Kier alpha value is -2.76. The van der Waals surface area contributed by atoms with Gasteiger partial charge in [-0.15, -0.1) is 0 Å². The highest BCUT2D eigenvalue weighted by Gasteiger charge is 2.06. The Kier molecular flexibility index (Phi) is 4.39. The van der Waals surface area contributed by atoms with Crippen molar-refractivity contribution >= 4 is 11.9 Å². The molecule has 6 nitrogen and oxygen atoms in total. The number of carbonyl (C=O) groups is 2. The van der Waals surface area contributed by atoms with E-state index in [1.54, 1.807) is 24.3 Å². The molecular weight excluding hydrogens is 258 g/mol. The Morgan fingerprint density at radius 1 is 1.15 bits per heavy atom. The van der Waals surface area contributed by atoms with Gasteiger partial charge in [-0.3, -0.25) is 9.78 Å². The molecule has 0 aliphatic rings. The third-order valence-electron chi connectivity index (χ3n) is 2.70. The summed E-state index contributed by atoms with van der Waals surface area (Å²) in [6.45, 7) is 0.446. The van der Waals surface area contributed by atoms with Crippen molar-refractivity contribution < 1.29 is 14.7 Å². The van der Waals surface area contributed by atoms with Crippen LogP contribution in [0.2, 0.25) is 0 Å². The van der Waals surface area contributed by atoms with Gasteiger partial charge in [-0.05, 0) is 24.1 Å². The number of amides is 1. The molecule has 0 bridgehead atoms. The van der Waals surface area contributed by atoms with E-state index < -0.39 is 5.97 Å². The summed E-state index contributed by atoms with van der Waals surface area (Å²) in [5.74, 6) is -1.23. The minimum absolute atomic E-state index is 0.248.